The quantitative estimate of drug-likeness (QED) is 0.569. The maximum atomic E-state index is 2.39. The zero-order valence-corrected chi connectivity index (χ0v) is 7.43. The van der Waals surface area contributed by atoms with Crippen molar-refractivity contribution in [2.45, 2.75) is 38.6 Å². The monoisotopic (exact) mass is 141 g/mol. The Labute approximate surface area is 64.4 Å². The summed E-state index contributed by atoms with van der Waals surface area (Å²) in [6.45, 7) is 2.31. The first-order valence-electron chi connectivity index (χ1n) is 4.42. The van der Waals surface area contributed by atoms with Gasteiger partial charge in [0.2, 0.25) is 0 Å². The van der Waals surface area contributed by atoms with Gasteiger partial charge < -0.3 is 4.90 Å². The van der Waals surface area contributed by atoms with Crippen LogP contribution in [0, 0.1) is 5.92 Å². The van der Waals surface area contributed by atoms with Gasteiger partial charge in [0.15, 0.2) is 0 Å². The highest BCUT2D eigenvalue weighted by Crippen LogP contribution is 2.30. The van der Waals surface area contributed by atoms with Gasteiger partial charge in [-0.1, -0.05) is 19.8 Å². The zero-order chi connectivity index (χ0) is 7.56. The fourth-order valence-electron chi connectivity index (χ4n) is 2.17. The van der Waals surface area contributed by atoms with Gasteiger partial charge in [-0.05, 0) is 32.9 Å². The van der Waals surface area contributed by atoms with E-state index in [1.165, 1.54) is 25.7 Å². The van der Waals surface area contributed by atoms with Crippen molar-refractivity contribution in [3.63, 3.8) is 0 Å². The van der Waals surface area contributed by atoms with Gasteiger partial charge >= 0.3 is 0 Å². The highest BCUT2D eigenvalue weighted by atomic mass is 15.1. The summed E-state index contributed by atoms with van der Waals surface area (Å²) in [6.07, 6.45) is 5.69. The van der Waals surface area contributed by atoms with Crippen molar-refractivity contribution < 1.29 is 0 Å². The molecule has 0 amide bonds. The van der Waals surface area contributed by atoms with E-state index in [1.807, 2.05) is 0 Å². The molecule has 0 unspecified atom stereocenters. The zero-order valence-electron chi connectivity index (χ0n) is 7.43. The Morgan fingerprint density at radius 1 is 1.30 bits per heavy atom. The standard InChI is InChI=1S/C9H19N/c1-4-8-6-5-7-9(8)10(2)3/h8-9H,4-7H2,1-3H3/t8-,9+/m1/s1. The predicted molar refractivity (Wildman–Crippen MR) is 45.1 cm³/mol. The van der Waals surface area contributed by atoms with E-state index < -0.39 is 0 Å². The van der Waals surface area contributed by atoms with Crippen molar-refractivity contribution in [3.8, 4) is 0 Å². The molecule has 0 aliphatic heterocycles. The molecule has 0 saturated heterocycles. The SMILES string of the molecule is CC[C@@H]1CCC[C@@H]1N(C)C. The van der Waals surface area contributed by atoms with E-state index in [4.69, 9.17) is 0 Å². The van der Waals surface area contributed by atoms with Crippen molar-refractivity contribution >= 4 is 0 Å². The normalized spacial score (nSPS) is 33.6. The molecule has 0 bridgehead atoms. The van der Waals surface area contributed by atoms with Crippen LogP contribution in [-0.4, -0.2) is 25.0 Å². The van der Waals surface area contributed by atoms with Crippen LogP contribution in [0.1, 0.15) is 32.6 Å². The molecule has 0 N–H and O–H groups in total. The van der Waals surface area contributed by atoms with Crippen molar-refractivity contribution in [1.82, 2.24) is 4.90 Å². The van der Waals surface area contributed by atoms with Gasteiger partial charge in [0.25, 0.3) is 0 Å². The number of hydrogen-bond acceptors (Lipinski definition) is 1. The second-order valence-electron chi connectivity index (χ2n) is 3.63. The molecule has 1 nitrogen and oxygen atoms in total. The first kappa shape index (κ1) is 8.06. The van der Waals surface area contributed by atoms with Crippen LogP contribution in [0.15, 0.2) is 0 Å². The smallest absolute Gasteiger partial charge is 0.0117 e. The lowest BCUT2D eigenvalue weighted by Crippen LogP contribution is -2.30. The van der Waals surface area contributed by atoms with Crippen LogP contribution in [0.4, 0.5) is 0 Å². The molecule has 10 heavy (non-hydrogen) atoms. The molecule has 0 aromatic rings. The van der Waals surface area contributed by atoms with Crippen LogP contribution in [0.2, 0.25) is 0 Å². The van der Waals surface area contributed by atoms with E-state index in [0.29, 0.717) is 0 Å². The minimum atomic E-state index is 0.880. The molecule has 0 spiro atoms. The molecule has 1 aliphatic carbocycles. The molecule has 0 aromatic carbocycles. The maximum absolute atomic E-state index is 2.39. The summed E-state index contributed by atoms with van der Waals surface area (Å²) in [5.41, 5.74) is 0. The van der Waals surface area contributed by atoms with Crippen LogP contribution in [0.3, 0.4) is 0 Å². The van der Waals surface area contributed by atoms with Crippen LogP contribution < -0.4 is 0 Å². The van der Waals surface area contributed by atoms with E-state index in [0.717, 1.165) is 12.0 Å². The Morgan fingerprint density at radius 3 is 2.40 bits per heavy atom. The van der Waals surface area contributed by atoms with E-state index in [9.17, 15) is 0 Å². The van der Waals surface area contributed by atoms with E-state index in [2.05, 4.69) is 25.9 Å². The van der Waals surface area contributed by atoms with Gasteiger partial charge in [0.1, 0.15) is 0 Å². The summed E-state index contributed by atoms with van der Waals surface area (Å²) in [5, 5.41) is 0. The molecule has 1 rings (SSSR count). The van der Waals surface area contributed by atoms with Gasteiger partial charge in [-0.3, -0.25) is 0 Å². The number of rotatable bonds is 2. The summed E-state index contributed by atoms with van der Waals surface area (Å²) < 4.78 is 0. The minimum absolute atomic E-state index is 0.880. The third-order valence-electron chi connectivity index (χ3n) is 2.81. The Hall–Kier alpha value is -0.0400. The molecule has 0 aromatic heterocycles. The summed E-state index contributed by atoms with van der Waals surface area (Å²) in [5.74, 6) is 0.981. The Bertz CT molecular complexity index is 98.9. The number of nitrogens with zero attached hydrogens (tertiary/aromatic N) is 1. The average Bonchev–Trinajstić information content (AvgIpc) is 2.33. The molecule has 0 radical (unpaired) electrons. The molecule has 1 saturated carbocycles. The average molecular weight is 141 g/mol. The molecular weight excluding hydrogens is 122 g/mol. The molecule has 1 aliphatic rings. The maximum Gasteiger partial charge on any atom is 0.0117 e. The Kier molecular flexibility index (Phi) is 2.72. The van der Waals surface area contributed by atoms with E-state index in [-0.39, 0.29) is 0 Å². The molecule has 1 heteroatoms. The van der Waals surface area contributed by atoms with Crippen molar-refractivity contribution in [2.24, 2.45) is 5.92 Å². The van der Waals surface area contributed by atoms with Crippen LogP contribution in [-0.2, 0) is 0 Å². The van der Waals surface area contributed by atoms with Crippen LogP contribution in [0.25, 0.3) is 0 Å². The lowest BCUT2D eigenvalue weighted by molar-refractivity contribution is 0.233. The van der Waals surface area contributed by atoms with Gasteiger partial charge in [-0.15, -0.1) is 0 Å². The van der Waals surface area contributed by atoms with Crippen LogP contribution in [0.5, 0.6) is 0 Å². The summed E-state index contributed by atoms with van der Waals surface area (Å²) in [4.78, 5) is 2.39. The Morgan fingerprint density at radius 2 is 2.00 bits per heavy atom. The first-order valence-corrected chi connectivity index (χ1v) is 4.42. The van der Waals surface area contributed by atoms with Gasteiger partial charge in [-0.25, -0.2) is 0 Å². The lowest BCUT2D eigenvalue weighted by atomic mass is 10.0. The van der Waals surface area contributed by atoms with Gasteiger partial charge in [-0.2, -0.15) is 0 Å². The second kappa shape index (κ2) is 3.38. The van der Waals surface area contributed by atoms with Crippen molar-refractivity contribution in [3.05, 3.63) is 0 Å². The fraction of sp³-hybridized carbons (Fsp3) is 1.00. The van der Waals surface area contributed by atoms with Gasteiger partial charge in [0, 0.05) is 6.04 Å². The lowest BCUT2D eigenvalue weighted by Gasteiger charge is -2.24. The number of hydrogen-bond donors (Lipinski definition) is 0. The molecular formula is C9H19N. The third kappa shape index (κ3) is 1.51. The molecule has 60 valence electrons. The van der Waals surface area contributed by atoms with Crippen molar-refractivity contribution in [2.75, 3.05) is 14.1 Å². The highest BCUT2D eigenvalue weighted by Gasteiger charge is 2.26. The molecule has 1 fully saturated rings. The summed E-state index contributed by atoms with van der Waals surface area (Å²) in [6, 6.07) is 0.880. The minimum Gasteiger partial charge on any atom is -0.306 e. The predicted octanol–water partition coefficient (Wildman–Crippen LogP) is 2.13. The van der Waals surface area contributed by atoms with E-state index in [1.54, 1.807) is 0 Å². The molecule has 2 atom stereocenters. The van der Waals surface area contributed by atoms with E-state index >= 15 is 0 Å². The summed E-state index contributed by atoms with van der Waals surface area (Å²) >= 11 is 0. The summed E-state index contributed by atoms with van der Waals surface area (Å²) in [7, 11) is 4.41. The van der Waals surface area contributed by atoms with Gasteiger partial charge in [0.05, 0.1) is 0 Å². The Balaban J connectivity index is 2.42. The second-order valence-corrected chi connectivity index (χ2v) is 3.63. The highest BCUT2D eigenvalue weighted by molar-refractivity contribution is 4.81. The van der Waals surface area contributed by atoms with Crippen LogP contribution >= 0.6 is 0 Å². The topological polar surface area (TPSA) is 3.24 Å². The molecule has 0 heterocycles. The fourth-order valence-corrected chi connectivity index (χ4v) is 2.17. The third-order valence-corrected chi connectivity index (χ3v) is 2.81. The van der Waals surface area contributed by atoms with Crippen molar-refractivity contribution in [1.29, 1.82) is 0 Å². The first-order chi connectivity index (χ1) is 4.75. The largest absolute Gasteiger partial charge is 0.306 e.